The first-order chi connectivity index (χ1) is 10.7. The molecule has 1 aliphatic carbocycles. The van der Waals surface area contributed by atoms with Gasteiger partial charge in [-0.25, -0.2) is 9.37 Å². The molecule has 2 fully saturated rings. The molecule has 0 atom stereocenters. The Balaban J connectivity index is 1.79. The van der Waals surface area contributed by atoms with Crippen molar-refractivity contribution < 1.29 is 4.39 Å². The molecule has 4 nitrogen and oxygen atoms in total. The Labute approximate surface area is 130 Å². The van der Waals surface area contributed by atoms with Crippen LogP contribution in [0.4, 0.5) is 10.1 Å². The highest BCUT2D eigenvalue weighted by molar-refractivity contribution is 5.81. The van der Waals surface area contributed by atoms with Gasteiger partial charge in [0.1, 0.15) is 11.6 Å². The molecule has 1 aliphatic heterocycles. The highest BCUT2D eigenvalue weighted by Crippen LogP contribution is 2.40. The zero-order valence-corrected chi connectivity index (χ0v) is 13.3. The summed E-state index contributed by atoms with van der Waals surface area (Å²) in [4.78, 5) is 9.11. The lowest BCUT2D eigenvalue weighted by Gasteiger charge is -2.34. The summed E-state index contributed by atoms with van der Waals surface area (Å²) in [5, 5.41) is 0. The van der Waals surface area contributed by atoms with Crippen LogP contribution in [0.1, 0.15) is 31.6 Å². The number of piperazine rings is 1. The summed E-state index contributed by atoms with van der Waals surface area (Å²) in [6, 6.07) is 4.23. The number of rotatable bonds is 3. The maximum Gasteiger partial charge on any atom is 0.148 e. The number of benzene rings is 1. The van der Waals surface area contributed by atoms with E-state index >= 15 is 0 Å². The summed E-state index contributed by atoms with van der Waals surface area (Å²) < 4.78 is 16.9. The summed E-state index contributed by atoms with van der Waals surface area (Å²) in [7, 11) is 2.12. The number of halogens is 1. The number of aromatic nitrogens is 2. The quantitative estimate of drug-likeness (QED) is 0.871. The van der Waals surface area contributed by atoms with Crippen molar-refractivity contribution in [2.75, 3.05) is 38.1 Å². The molecule has 2 heterocycles. The number of anilines is 1. The first-order valence-electron chi connectivity index (χ1n) is 8.31. The number of hydrogen-bond acceptors (Lipinski definition) is 3. The molecule has 5 heteroatoms. The Morgan fingerprint density at radius 2 is 1.91 bits per heavy atom. The van der Waals surface area contributed by atoms with E-state index in [0.717, 1.165) is 55.1 Å². The molecule has 0 radical (unpaired) electrons. The van der Waals surface area contributed by atoms with Gasteiger partial charge in [-0.05, 0) is 26.0 Å². The SMILES string of the molecule is CCc1nc2cc(F)c(N3CCN(C)CC3)cc2n1C1CC1. The van der Waals surface area contributed by atoms with Gasteiger partial charge in [0.15, 0.2) is 0 Å². The third-order valence-electron chi connectivity index (χ3n) is 4.90. The monoisotopic (exact) mass is 302 g/mol. The zero-order chi connectivity index (χ0) is 15.3. The standard InChI is InChI=1S/C17H23FN4/c1-3-17-19-14-10-13(18)15(21-8-6-20(2)7-9-21)11-16(14)22(17)12-4-5-12/h10-12H,3-9H2,1-2H3. The lowest BCUT2D eigenvalue weighted by Crippen LogP contribution is -2.44. The predicted molar refractivity (Wildman–Crippen MR) is 87.1 cm³/mol. The molecule has 1 aromatic heterocycles. The maximum atomic E-state index is 14.6. The number of aryl methyl sites for hydroxylation is 1. The Morgan fingerprint density at radius 1 is 1.18 bits per heavy atom. The highest BCUT2D eigenvalue weighted by Gasteiger charge is 2.29. The van der Waals surface area contributed by atoms with Gasteiger partial charge < -0.3 is 14.4 Å². The van der Waals surface area contributed by atoms with Crippen LogP contribution < -0.4 is 4.90 Å². The van der Waals surface area contributed by atoms with Crippen LogP contribution >= 0.6 is 0 Å². The van der Waals surface area contributed by atoms with Gasteiger partial charge in [-0.3, -0.25) is 0 Å². The van der Waals surface area contributed by atoms with E-state index in [1.54, 1.807) is 6.07 Å². The number of likely N-dealkylation sites (N-methyl/N-ethyl adjacent to an activating group) is 1. The maximum absolute atomic E-state index is 14.6. The van der Waals surface area contributed by atoms with Crippen LogP contribution in [0.15, 0.2) is 12.1 Å². The third-order valence-corrected chi connectivity index (χ3v) is 4.90. The van der Waals surface area contributed by atoms with Crippen LogP contribution in [0.25, 0.3) is 11.0 Å². The van der Waals surface area contributed by atoms with Crippen molar-refractivity contribution in [2.45, 2.75) is 32.2 Å². The fourth-order valence-corrected chi connectivity index (χ4v) is 3.43. The summed E-state index contributed by atoms with van der Waals surface area (Å²) >= 11 is 0. The van der Waals surface area contributed by atoms with Gasteiger partial charge in [0.2, 0.25) is 0 Å². The minimum absolute atomic E-state index is 0.139. The van der Waals surface area contributed by atoms with Crippen LogP contribution in [0.3, 0.4) is 0 Å². The fraction of sp³-hybridized carbons (Fsp3) is 0.588. The van der Waals surface area contributed by atoms with Crippen LogP contribution in [-0.4, -0.2) is 47.7 Å². The van der Waals surface area contributed by atoms with Gasteiger partial charge in [-0.2, -0.15) is 0 Å². The lowest BCUT2D eigenvalue weighted by molar-refractivity contribution is 0.312. The Bertz CT molecular complexity index is 696. The number of fused-ring (bicyclic) bond motifs is 1. The molecule has 1 saturated heterocycles. The summed E-state index contributed by atoms with van der Waals surface area (Å²) in [5.74, 6) is 0.951. The fourth-order valence-electron chi connectivity index (χ4n) is 3.43. The predicted octanol–water partition coefficient (Wildman–Crippen LogP) is 2.82. The molecule has 0 bridgehead atoms. The Hall–Kier alpha value is -1.62. The van der Waals surface area contributed by atoms with Gasteiger partial charge in [-0.1, -0.05) is 6.92 Å². The van der Waals surface area contributed by atoms with E-state index in [-0.39, 0.29) is 5.82 Å². The van der Waals surface area contributed by atoms with Gasteiger partial charge in [0, 0.05) is 44.7 Å². The minimum Gasteiger partial charge on any atom is -0.367 e. The van der Waals surface area contributed by atoms with Gasteiger partial charge in [0.25, 0.3) is 0 Å². The third kappa shape index (κ3) is 2.28. The number of hydrogen-bond donors (Lipinski definition) is 0. The van der Waals surface area contributed by atoms with E-state index in [1.807, 2.05) is 6.07 Å². The van der Waals surface area contributed by atoms with Crippen molar-refractivity contribution in [3.63, 3.8) is 0 Å². The zero-order valence-electron chi connectivity index (χ0n) is 13.3. The van der Waals surface area contributed by atoms with Crippen LogP contribution in [0.5, 0.6) is 0 Å². The van der Waals surface area contributed by atoms with Crippen molar-refractivity contribution >= 4 is 16.7 Å². The van der Waals surface area contributed by atoms with E-state index < -0.39 is 0 Å². The molecule has 1 saturated carbocycles. The first kappa shape index (κ1) is 14.0. The van der Waals surface area contributed by atoms with Crippen molar-refractivity contribution in [3.8, 4) is 0 Å². The molecule has 0 amide bonds. The average Bonchev–Trinajstić information content (AvgIpc) is 3.29. The van der Waals surface area contributed by atoms with Gasteiger partial charge >= 0.3 is 0 Å². The smallest absolute Gasteiger partial charge is 0.148 e. The van der Waals surface area contributed by atoms with Crippen LogP contribution in [0.2, 0.25) is 0 Å². The Kier molecular flexibility index (Phi) is 3.33. The van der Waals surface area contributed by atoms with Crippen LogP contribution in [0, 0.1) is 5.82 Å². The summed E-state index contributed by atoms with van der Waals surface area (Å²) in [6.45, 7) is 5.87. The minimum atomic E-state index is -0.139. The van der Waals surface area contributed by atoms with E-state index in [1.165, 1.54) is 12.8 Å². The summed E-state index contributed by atoms with van der Waals surface area (Å²) in [6.07, 6.45) is 3.34. The van der Waals surface area contributed by atoms with Crippen LogP contribution in [-0.2, 0) is 6.42 Å². The van der Waals surface area contributed by atoms with E-state index in [0.29, 0.717) is 6.04 Å². The second kappa shape index (κ2) is 5.23. The largest absolute Gasteiger partial charge is 0.367 e. The molecular weight excluding hydrogens is 279 g/mol. The molecule has 0 N–H and O–H groups in total. The van der Waals surface area contributed by atoms with Crippen molar-refractivity contribution in [3.05, 3.63) is 23.8 Å². The van der Waals surface area contributed by atoms with Gasteiger partial charge in [0.05, 0.1) is 16.7 Å². The van der Waals surface area contributed by atoms with Crippen molar-refractivity contribution in [1.29, 1.82) is 0 Å². The molecule has 0 spiro atoms. The second-order valence-electron chi connectivity index (χ2n) is 6.57. The molecule has 2 aromatic rings. The average molecular weight is 302 g/mol. The molecule has 4 rings (SSSR count). The molecule has 1 aromatic carbocycles. The van der Waals surface area contributed by atoms with E-state index in [9.17, 15) is 4.39 Å². The van der Waals surface area contributed by atoms with E-state index in [4.69, 9.17) is 0 Å². The van der Waals surface area contributed by atoms with Gasteiger partial charge in [-0.15, -0.1) is 0 Å². The first-order valence-corrected chi connectivity index (χ1v) is 8.31. The molecule has 0 unspecified atom stereocenters. The van der Waals surface area contributed by atoms with Crippen molar-refractivity contribution in [2.24, 2.45) is 0 Å². The summed E-state index contributed by atoms with van der Waals surface area (Å²) in [5.41, 5.74) is 2.65. The molecule has 2 aliphatic rings. The second-order valence-corrected chi connectivity index (χ2v) is 6.57. The van der Waals surface area contributed by atoms with E-state index in [2.05, 4.69) is 33.3 Å². The molecule has 118 valence electrons. The normalized spacial score (nSPS) is 20.0. The topological polar surface area (TPSA) is 24.3 Å². The lowest BCUT2D eigenvalue weighted by atomic mass is 10.2. The Morgan fingerprint density at radius 3 is 2.55 bits per heavy atom. The number of nitrogens with zero attached hydrogens (tertiary/aromatic N) is 4. The number of imidazole rings is 1. The molecular formula is C17H23FN4. The highest BCUT2D eigenvalue weighted by atomic mass is 19.1. The van der Waals surface area contributed by atoms with Crippen molar-refractivity contribution in [1.82, 2.24) is 14.5 Å². The molecule has 22 heavy (non-hydrogen) atoms.